The zero-order valence-corrected chi connectivity index (χ0v) is 8.22. The average Bonchev–Trinajstić information content (AvgIpc) is 2.85. The molecule has 2 unspecified atom stereocenters. The van der Waals surface area contributed by atoms with Gasteiger partial charge in [-0.05, 0) is 36.5 Å². The summed E-state index contributed by atoms with van der Waals surface area (Å²) in [6, 6.07) is 0. The van der Waals surface area contributed by atoms with E-state index < -0.39 is 0 Å². The molecule has 3 aliphatic rings. The van der Waals surface area contributed by atoms with E-state index in [1.807, 2.05) is 0 Å². The Balaban J connectivity index is 1.83. The number of ketones is 1. The molecule has 0 radical (unpaired) electrons. The Bertz CT molecular complexity index is 238. The Morgan fingerprint density at radius 3 is 2.69 bits per heavy atom. The van der Waals surface area contributed by atoms with Crippen LogP contribution in [0.1, 0.15) is 51.4 Å². The molecule has 0 aromatic carbocycles. The summed E-state index contributed by atoms with van der Waals surface area (Å²) in [4.78, 5) is 11.6. The van der Waals surface area contributed by atoms with E-state index in [9.17, 15) is 4.79 Å². The molecule has 1 nitrogen and oxygen atoms in total. The molecule has 3 aliphatic carbocycles. The van der Waals surface area contributed by atoms with Crippen molar-refractivity contribution in [3.8, 4) is 0 Å². The van der Waals surface area contributed by atoms with E-state index in [1.54, 1.807) is 0 Å². The van der Waals surface area contributed by atoms with Gasteiger partial charge in [0.25, 0.3) is 0 Å². The van der Waals surface area contributed by atoms with Gasteiger partial charge in [0.15, 0.2) is 0 Å². The second-order valence-electron chi connectivity index (χ2n) is 5.44. The third-order valence-electron chi connectivity index (χ3n) is 4.60. The second kappa shape index (κ2) is 2.59. The van der Waals surface area contributed by atoms with E-state index in [1.165, 1.54) is 38.5 Å². The molecule has 0 saturated heterocycles. The lowest BCUT2D eigenvalue weighted by Gasteiger charge is -2.40. The lowest BCUT2D eigenvalue weighted by Crippen LogP contribution is -2.33. The van der Waals surface area contributed by atoms with E-state index in [2.05, 4.69) is 0 Å². The molecule has 0 heterocycles. The highest BCUT2D eigenvalue weighted by atomic mass is 16.1. The van der Waals surface area contributed by atoms with Crippen molar-refractivity contribution >= 4 is 5.78 Å². The van der Waals surface area contributed by atoms with Crippen molar-refractivity contribution in [2.75, 3.05) is 0 Å². The molecule has 2 atom stereocenters. The van der Waals surface area contributed by atoms with Gasteiger partial charge in [0.2, 0.25) is 0 Å². The Morgan fingerprint density at radius 1 is 1.15 bits per heavy atom. The molecule has 3 saturated carbocycles. The van der Waals surface area contributed by atoms with Crippen molar-refractivity contribution in [2.45, 2.75) is 51.4 Å². The lowest BCUT2D eigenvalue weighted by molar-refractivity contribution is -0.125. The highest BCUT2D eigenvalue weighted by Crippen LogP contribution is 2.63. The molecule has 3 rings (SSSR count). The molecule has 72 valence electrons. The predicted octanol–water partition coefficient (Wildman–Crippen LogP) is 2.94. The van der Waals surface area contributed by atoms with E-state index in [0.717, 1.165) is 24.7 Å². The molecule has 13 heavy (non-hydrogen) atoms. The van der Waals surface area contributed by atoms with Crippen LogP contribution in [0.3, 0.4) is 0 Å². The van der Waals surface area contributed by atoms with Gasteiger partial charge in [0.1, 0.15) is 5.78 Å². The summed E-state index contributed by atoms with van der Waals surface area (Å²) in [6.07, 6.45) is 10.1. The second-order valence-corrected chi connectivity index (χ2v) is 5.44. The van der Waals surface area contributed by atoms with Gasteiger partial charge in [-0.2, -0.15) is 0 Å². The molecule has 0 bridgehead atoms. The van der Waals surface area contributed by atoms with Crippen LogP contribution in [-0.2, 0) is 4.79 Å². The number of rotatable bonds is 0. The summed E-state index contributed by atoms with van der Waals surface area (Å²) in [5, 5.41) is 0. The van der Waals surface area contributed by atoms with Crippen LogP contribution in [0.25, 0.3) is 0 Å². The monoisotopic (exact) mass is 178 g/mol. The molecular formula is C12H18O. The normalized spacial score (nSPS) is 41.7. The Morgan fingerprint density at radius 2 is 1.92 bits per heavy atom. The quantitative estimate of drug-likeness (QED) is 0.557. The molecule has 0 aromatic heterocycles. The van der Waals surface area contributed by atoms with Crippen molar-refractivity contribution in [3.05, 3.63) is 0 Å². The fraction of sp³-hybridized carbons (Fsp3) is 0.917. The van der Waals surface area contributed by atoms with Crippen LogP contribution in [0.4, 0.5) is 0 Å². The molecular weight excluding hydrogens is 160 g/mol. The fourth-order valence-electron chi connectivity index (χ4n) is 3.92. The maximum Gasteiger partial charge on any atom is 0.133 e. The summed E-state index contributed by atoms with van der Waals surface area (Å²) < 4.78 is 0. The molecule has 0 amide bonds. The van der Waals surface area contributed by atoms with Crippen LogP contribution in [0, 0.1) is 17.3 Å². The largest absolute Gasteiger partial charge is 0.300 e. The molecule has 0 aromatic rings. The van der Waals surface area contributed by atoms with Crippen molar-refractivity contribution in [2.24, 2.45) is 17.3 Å². The molecule has 1 spiro atoms. The van der Waals surface area contributed by atoms with Crippen molar-refractivity contribution in [1.82, 2.24) is 0 Å². The van der Waals surface area contributed by atoms with Gasteiger partial charge in [-0.15, -0.1) is 0 Å². The number of Topliss-reactive ketones (excluding diaryl/α,β-unsaturated/α-hetero) is 1. The highest BCUT2D eigenvalue weighted by molar-refractivity contribution is 5.81. The summed E-state index contributed by atoms with van der Waals surface area (Å²) in [7, 11) is 0. The summed E-state index contributed by atoms with van der Waals surface area (Å²) in [6.45, 7) is 0. The third kappa shape index (κ3) is 1.16. The van der Waals surface area contributed by atoms with Crippen molar-refractivity contribution in [1.29, 1.82) is 0 Å². The van der Waals surface area contributed by atoms with Crippen molar-refractivity contribution < 1.29 is 4.79 Å². The van der Waals surface area contributed by atoms with Gasteiger partial charge in [-0.1, -0.05) is 19.3 Å². The van der Waals surface area contributed by atoms with Crippen LogP contribution < -0.4 is 0 Å². The van der Waals surface area contributed by atoms with Crippen LogP contribution in [-0.4, -0.2) is 5.78 Å². The SMILES string of the molecule is O=C1CC2CC2C2(CCCCC2)C1. The van der Waals surface area contributed by atoms with Gasteiger partial charge in [-0.3, -0.25) is 4.79 Å². The first kappa shape index (κ1) is 8.02. The topological polar surface area (TPSA) is 17.1 Å². The standard InChI is InChI=1S/C12H18O/c13-10-6-9-7-11(9)12(8-10)4-2-1-3-5-12/h9,11H,1-8H2. The van der Waals surface area contributed by atoms with Crippen molar-refractivity contribution in [3.63, 3.8) is 0 Å². The third-order valence-corrected chi connectivity index (χ3v) is 4.60. The number of fused-ring (bicyclic) bond motifs is 2. The van der Waals surface area contributed by atoms with Gasteiger partial charge >= 0.3 is 0 Å². The molecule has 0 N–H and O–H groups in total. The number of carbonyl (C=O) groups is 1. The number of hydrogen-bond acceptors (Lipinski definition) is 1. The zero-order chi connectivity index (χ0) is 8.89. The van der Waals surface area contributed by atoms with Gasteiger partial charge in [0, 0.05) is 12.8 Å². The van der Waals surface area contributed by atoms with Crippen LogP contribution in [0.5, 0.6) is 0 Å². The fourth-order valence-corrected chi connectivity index (χ4v) is 3.92. The van der Waals surface area contributed by atoms with Gasteiger partial charge in [-0.25, -0.2) is 0 Å². The van der Waals surface area contributed by atoms with Gasteiger partial charge in [0.05, 0.1) is 0 Å². The lowest BCUT2D eigenvalue weighted by atomic mass is 9.64. The number of hydrogen-bond donors (Lipinski definition) is 0. The zero-order valence-electron chi connectivity index (χ0n) is 8.22. The minimum Gasteiger partial charge on any atom is -0.300 e. The molecule has 0 aliphatic heterocycles. The van der Waals surface area contributed by atoms with Crippen LogP contribution in [0.15, 0.2) is 0 Å². The van der Waals surface area contributed by atoms with Crippen LogP contribution in [0.2, 0.25) is 0 Å². The average molecular weight is 178 g/mol. The first-order valence-corrected chi connectivity index (χ1v) is 5.82. The van der Waals surface area contributed by atoms with Gasteiger partial charge < -0.3 is 0 Å². The Kier molecular flexibility index (Phi) is 1.59. The Labute approximate surface area is 79.9 Å². The maximum absolute atomic E-state index is 11.6. The van der Waals surface area contributed by atoms with E-state index >= 15 is 0 Å². The molecule has 3 fully saturated rings. The maximum atomic E-state index is 11.6. The first-order chi connectivity index (χ1) is 6.30. The minimum atomic E-state index is 0.512. The first-order valence-electron chi connectivity index (χ1n) is 5.82. The van der Waals surface area contributed by atoms with E-state index in [4.69, 9.17) is 0 Å². The van der Waals surface area contributed by atoms with E-state index in [-0.39, 0.29) is 0 Å². The minimum absolute atomic E-state index is 0.512. The smallest absolute Gasteiger partial charge is 0.133 e. The predicted molar refractivity (Wildman–Crippen MR) is 51.4 cm³/mol. The number of carbonyl (C=O) groups excluding carboxylic acids is 1. The summed E-state index contributed by atoms with van der Waals surface area (Å²) in [5.74, 6) is 2.35. The Hall–Kier alpha value is -0.330. The highest BCUT2D eigenvalue weighted by Gasteiger charge is 2.56. The summed E-state index contributed by atoms with van der Waals surface area (Å²) >= 11 is 0. The molecule has 1 heteroatoms. The van der Waals surface area contributed by atoms with E-state index in [0.29, 0.717) is 11.2 Å². The van der Waals surface area contributed by atoms with Crippen LogP contribution >= 0.6 is 0 Å². The summed E-state index contributed by atoms with van der Waals surface area (Å²) in [5.41, 5.74) is 0.512.